The summed E-state index contributed by atoms with van der Waals surface area (Å²) in [4.78, 5) is 0. The zero-order valence-corrected chi connectivity index (χ0v) is 11.7. The Morgan fingerprint density at radius 3 is 2.43 bits per heavy atom. The van der Waals surface area contributed by atoms with Crippen LogP contribution in [0.3, 0.4) is 0 Å². The van der Waals surface area contributed by atoms with Crippen LogP contribution in [0.25, 0.3) is 0 Å². The van der Waals surface area contributed by atoms with E-state index in [1.54, 1.807) is 7.11 Å². The Labute approximate surface area is 122 Å². The molecule has 4 heteroatoms. The van der Waals surface area contributed by atoms with Gasteiger partial charge in [-0.3, -0.25) is 0 Å². The number of fused-ring (bicyclic) bond motifs is 1. The quantitative estimate of drug-likeness (QED) is 0.919. The molecule has 0 saturated heterocycles. The summed E-state index contributed by atoms with van der Waals surface area (Å²) in [5.74, 6) is -0.631. The molecule has 0 saturated carbocycles. The molecule has 110 valence electrons. The molecule has 1 aliphatic carbocycles. The third-order valence-corrected chi connectivity index (χ3v) is 4.10. The molecule has 0 amide bonds. The summed E-state index contributed by atoms with van der Waals surface area (Å²) in [6, 6.07) is 8.94. The highest BCUT2D eigenvalue weighted by Gasteiger charge is 2.34. The van der Waals surface area contributed by atoms with Gasteiger partial charge in [0.05, 0.1) is 12.7 Å². The molecular formula is C17H16F2O2. The van der Waals surface area contributed by atoms with Crippen molar-refractivity contribution in [3.8, 4) is 5.75 Å². The van der Waals surface area contributed by atoms with E-state index in [2.05, 4.69) is 0 Å². The van der Waals surface area contributed by atoms with E-state index in [0.29, 0.717) is 25.0 Å². The molecule has 2 aromatic rings. The predicted octanol–water partition coefficient (Wildman–Crippen LogP) is 3.35. The van der Waals surface area contributed by atoms with Crippen molar-refractivity contribution in [3.05, 3.63) is 64.7 Å². The third-order valence-electron chi connectivity index (χ3n) is 4.10. The summed E-state index contributed by atoms with van der Waals surface area (Å²) in [6.45, 7) is 0. The largest absolute Gasteiger partial charge is 0.497 e. The van der Waals surface area contributed by atoms with Crippen LogP contribution in [0, 0.1) is 11.6 Å². The van der Waals surface area contributed by atoms with Gasteiger partial charge in [0.15, 0.2) is 0 Å². The first kappa shape index (κ1) is 14.0. The zero-order chi connectivity index (χ0) is 15.0. The van der Waals surface area contributed by atoms with Gasteiger partial charge in [-0.15, -0.1) is 0 Å². The number of ether oxygens (including phenoxy) is 1. The summed E-state index contributed by atoms with van der Waals surface area (Å²) >= 11 is 0. The van der Waals surface area contributed by atoms with Gasteiger partial charge < -0.3 is 9.84 Å². The van der Waals surface area contributed by atoms with Crippen molar-refractivity contribution >= 4 is 0 Å². The Bertz CT molecular complexity index is 664. The number of aryl methyl sites for hydroxylation is 1. The fourth-order valence-electron chi connectivity index (χ4n) is 2.95. The maximum absolute atomic E-state index is 13.4. The first-order valence-corrected chi connectivity index (χ1v) is 6.85. The summed E-state index contributed by atoms with van der Waals surface area (Å²) < 4.78 is 32.0. The van der Waals surface area contributed by atoms with Gasteiger partial charge in [0.2, 0.25) is 0 Å². The Balaban J connectivity index is 1.99. The number of aliphatic hydroxyl groups is 1. The minimum absolute atomic E-state index is 0.286. The average molecular weight is 290 g/mol. The molecule has 0 fully saturated rings. The van der Waals surface area contributed by atoms with Gasteiger partial charge in [0.25, 0.3) is 0 Å². The lowest BCUT2D eigenvalue weighted by Gasteiger charge is -2.34. The number of benzene rings is 2. The molecule has 1 N–H and O–H groups in total. The molecule has 1 unspecified atom stereocenters. The van der Waals surface area contributed by atoms with Crippen molar-refractivity contribution in [1.82, 2.24) is 0 Å². The SMILES string of the molecule is COc1ccc2c(c1)CC(O)(c1cc(F)cc(F)c1)CC2. The number of methoxy groups -OCH3 is 1. The molecule has 0 radical (unpaired) electrons. The standard InChI is InChI=1S/C17H16F2O2/c1-21-16-3-2-11-4-5-17(20,10-12(11)6-16)13-7-14(18)9-15(19)8-13/h2-3,6-9,20H,4-5,10H2,1H3. The van der Waals surface area contributed by atoms with Crippen LogP contribution in [-0.2, 0) is 18.4 Å². The van der Waals surface area contributed by atoms with Gasteiger partial charge in [-0.2, -0.15) is 0 Å². The van der Waals surface area contributed by atoms with Crippen molar-refractivity contribution in [2.75, 3.05) is 7.11 Å². The van der Waals surface area contributed by atoms with Gasteiger partial charge in [-0.25, -0.2) is 8.78 Å². The van der Waals surface area contributed by atoms with E-state index in [4.69, 9.17) is 4.74 Å². The molecule has 21 heavy (non-hydrogen) atoms. The fraction of sp³-hybridized carbons (Fsp3) is 0.294. The van der Waals surface area contributed by atoms with E-state index in [0.717, 1.165) is 17.2 Å². The van der Waals surface area contributed by atoms with Crippen LogP contribution in [0.4, 0.5) is 8.78 Å². The lowest BCUT2D eigenvalue weighted by atomic mass is 9.76. The second kappa shape index (κ2) is 5.11. The Hall–Kier alpha value is -1.94. The fourth-order valence-corrected chi connectivity index (χ4v) is 2.95. The van der Waals surface area contributed by atoms with Crippen molar-refractivity contribution in [3.63, 3.8) is 0 Å². The lowest BCUT2D eigenvalue weighted by Crippen LogP contribution is -2.33. The van der Waals surface area contributed by atoms with Crippen molar-refractivity contribution in [2.24, 2.45) is 0 Å². The van der Waals surface area contributed by atoms with Crippen LogP contribution < -0.4 is 4.74 Å². The second-order valence-corrected chi connectivity index (χ2v) is 5.50. The lowest BCUT2D eigenvalue weighted by molar-refractivity contribution is 0.0216. The molecule has 0 aromatic heterocycles. The van der Waals surface area contributed by atoms with E-state index in [1.807, 2.05) is 18.2 Å². The Kier molecular flexibility index (Phi) is 3.41. The van der Waals surface area contributed by atoms with Crippen LogP contribution in [0.1, 0.15) is 23.1 Å². The van der Waals surface area contributed by atoms with Crippen LogP contribution in [0.15, 0.2) is 36.4 Å². The molecule has 0 spiro atoms. The molecule has 0 aliphatic heterocycles. The highest BCUT2D eigenvalue weighted by atomic mass is 19.1. The minimum atomic E-state index is -1.25. The summed E-state index contributed by atoms with van der Waals surface area (Å²) in [5, 5.41) is 10.8. The van der Waals surface area contributed by atoms with Gasteiger partial charge in [0.1, 0.15) is 17.4 Å². The normalized spacial score (nSPS) is 21.0. The summed E-state index contributed by atoms with van der Waals surface area (Å²) in [6.07, 6.45) is 1.42. The highest BCUT2D eigenvalue weighted by molar-refractivity contribution is 5.40. The minimum Gasteiger partial charge on any atom is -0.497 e. The first-order chi connectivity index (χ1) is 10.00. The number of hydrogen-bond acceptors (Lipinski definition) is 2. The maximum Gasteiger partial charge on any atom is 0.126 e. The van der Waals surface area contributed by atoms with E-state index >= 15 is 0 Å². The first-order valence-electron chi connectivity index (χ1n) is 6.85. The maximum atomic E-state index is 13.4. The zero-order valence-electron chi connectivity index (χ0n) is 11.7. The van der Waals surface area contributed by atoms with E-state index in [9.17, 15) is 13.9 Å². The predicted molar refractivity (Wildman–Crippen MR) is 75.3 cm³/mol. The van der Waals surface area contributed by atoms with Crippen molar-refractivity contribution < 1.29 is 18.6 Å². The van der Waals surface area contributed by atoms with Crippen LogP contribution in [0.5, 0.6) is 5.75 Å². The van der Waals surface area contributed by atoms with E-state index in [1.165, 1.54) is 12.1 Å². The highest BCUT2D eigenvalue weighted by Crippen LogP contribution is 2.38. The number of hydrogen-bond donors (Lipinski definition) is 1. The smallest absolute Gasteiger partial charge is 0.126 e. The van der Waals surface area contributed by atoms with Crippen molar-refractivity contribution in [1.29, 1.82) is 0 Å². The van der Waals surface area contributed by atoms with E-state index in [-0.39, 0.29) is 5.56 Å². The molecule has 0 bridgehead atoms. The van der Waals surface area contributed by atoms with Gasteiger partial charge in [-0.05, 0) is 53.8 Å². The molecular weight excluding hydrogens is 274 g/mol. The molecule has 1 atom stereocenters. The van der Waals surface area contributed by atoms with Gasteiger partial charge in [0, 0.05) is 12.5 Å². The summed E-state index contributed by atoms with van der Waals surface area (Å²) in [7, 11) is 1.58. The Morgan fingerprint density at radius 1 is 1.05 bits per heavy atom. The van der Waals surface area contributed by atoms with Crippen LogP contribution >= 0.6 is 0 Å². The number of halogens is 2. The second-order valence-electron chi connectivity index (χ2n) is 5.50. The monoisotopic (exact) mass is 290 g/mol. The molecule has 2 aromatic carbocycles. The van der Waals surface area contributed by atoms with Crippen LogP contribution in [-0.4, -0.2) is 12.2 Å². The molecule has 3 rings (SSSR count). The third kappa shape index (κ3) is 2.63. The number of rotatable bonds is 2. The average Bonchev–Trinajstić information content (AvgIpc) is 2.45. The molecule has 2 nitrogen and oxygen atoms in total. The Morgan fingerprint density at radius 2 is 1.76 bits per heavy atom. The summed E-state index contributed by atoms with van der Waals surface area (Å²) in [5.41, 5.74) is 1.13. The van der Waals surface area contributed by atoms with Gasteiger partial charge >= 0.3 is 0 Å². The van der Waals surface area contributed by atoms with E-state index < -0.39 is 17.2 Å². The topological polar surface area (TPSA) is 29.5 Å². The molecule has 1 aliphatic rings. The van der Waals surface area contributed by atoms with Crippen LogP contribution in [0.2, 0.25) is 0 Å². The molecule has 0 heterocycles. The van der Waals surface area contributed by atoms with Gasteiger partial charge in [-0.1, -0.05) is 6.07 Å². The van der Waals surface area contributed by atoms with Crippen molar-refractivity contribution in [2.45, 2.75) is 24.9 Å².